The number of amides is 2. The molecular weight excluding hydrogens is 338 g/mol. The van der Waals surface area contributed by atoms with Gasteiger partial charge < -0.3 is 18.9 Å². The van der Waals surface area contributed by atoms with E-state index in [1.165, 1.54) is 0 Å². The Labute approximate surface area is 160 Å². The highest BCUT2D eigenvalue weighted by Crippen LogP contribution is 2.16. The van der Waals surface area contributed by atoms with Gasteiger partial charge in [-0.2, -0.15) is 0 Å². The highest BCUT2D eigenvalue weighted by molar-refractivity contribution is 5.88. The van der Waals surface area contributed by atoms with Crippen LogP contribution >= 0.6 is 0 Å². The van der Waals surface area contributed by atoms with Crippen LogP contribution in [0.25, 0.3) is 0 Å². The van der Waals surface area contributed by atoms with Gasteiger partial charge in [0.2, 0.25) is 0 Å². The normalized spacial score (nSPS) is 20.0. The lowest BCUT2D eigenvalue weighted by Crippen LogP contribution is -2.44. The Morgan fingerprint density at radius 3 is 2.08 bits per heavy atom. The van der Waals surface area contributed by atoms with Crippen molar-refractivity contribution < 1.29 is 31.3 Å². The summed E-state index contributed by atoms with van der Waals surface area (Å²) in [4.78, 5) is 25.5. The van der Waals surface area contributed by atoms with E-state index in [0.29, 0.717) is 17.9 Å². The molecule has 1 fully saturated rings. The van der Waals surface area contributed by atoms with E-state index in [-0.39, 0.29) is 19.3 Å². The number of ether oxygens (including phenoxy) is 4. The number of carbonyl (C=O) groups is 2. The highest BCUT2D eigenvalue weighted by Gasteiger charge is 2.30. The van der Waals surface area contributed by atoms with Gasteiger partial charge in [-0.3, -0.25) is 0 Å². The SMILES string of the molecule is [2H]C([2H])(CCCOC1CCCCO1)N(C(=O)OC(C)(C)C)C(=O)OC(C)(C)C. The molecule has 2 amide bonds. The smallest absolute Gasteiger partial charge is 0.419 e. The van der Waals surface area contributed by atoms with Crippen LogP contribution in [0.5, 0.6) is 0 Å². The van der Waals surface area contributed by atoms with Gasteiger partial charge in [-0.15, -0.1) is 0 Å². The first kappa shape index (κ1) is 19.4. The first-order valence-electron chi connectivity index (χ1n) is 10.2. The monoisotopic (exact) mass is 375 g/mol. The Balaban J connectivity index is 2.75. The summed E-state index contributed by atoms with van der Waals surface area (Å²) in [6.45, 7) is 8.51. The quantitative estimate of drug-likeness (QED) is 0.637. The van der Waals surface area contributed by atoms with Gasteiger partial charge in [0.05, 0.1) is 2.74 Å². The Morgan fingerprint density at radius 2 is 1.62 bits per heavy atom. The predicted octanol–water partition coefficient (Wildman–Crippen LogP) is 4.48. The molecule has 0 radical (unpaired) electrons. The third-order valence-electron chi connectivity index (χ3n) is 3.18. The standard InChI is InChI=1S/C19H35NO6/c1-18(2,3)25-16(21)20(17(22)26-19(4,5)6)12-8-10-14-24-15-11-7-9-13-23-15/h15H,7-14H2,1-6H3/i12D2. The number of carbonyl (C=O) groups excluding carboxylic acids is 2. The molecule has 1 saturated heterocycles. The average molecular weight is 376 g/mol. The molecule has 7 nitrogen and oxygen atoms in total. The molecule has 0 spiro atoms. The van der Waals surface area contributed by atoms with Crippen LogP contribution in [-0.2, 0) is 18.9 Å². The van der Waals surface area contributed by atoms with E-state index >= 15 is 0 Å². The molecule has 1 aliphatic rings. The minimum Gasteiger partial charge on any atom is -0.443 e. The van der Waals surface area contributed by atoms with E-state index in [1.54, 1.807) is 41.5 Å². The fourth-order valence-electron chi connectivity index (χ4n) is 2.14. The summed E-state index contributed by atoms with van der Waals surface area (Å²) in [5.74, 6) is 0. The van der Waals surface area contributed by atoms with Gasteiger partial charge in [-0.1, -0.05) is 0 Å². The fourth-order valence-corrected chi connectivity index (χ4v) is 2.14. The second-order valence-electron chi connectivity index (χ2n) is 8.22. The summed E-state index contributed by atoms with van der Waals surface area (Å²) in [5, 5.41) is 0. The summed E-state index contributed by atoms with van der Waals surface area (Å²) in [7, 11) is 0. The van der Waals surface area contributed by atoms with E-state index in [2.05, 4.69) is 0 Å². The lowest BCUT2D eigenvalue weighted by atomic mass is 10.2. The molecule has 1 heterocycles. The van der Waals surface area contributed by atoms with Crippen LogP contribution in [0.3, 0.4) is 0 Å². The zero-order valence-corrected chi connectivity index (χ0v) is 16.9. The second kappa shape index (κ2) is 10.1. The average Bonchev–Trinajstić information content (AvgIpc) is 2.48. The van der Waals surface area contributed by atoms with E-state index in [9.17, 15) is 9.59 Å². The van der Waals surface area contributed by atoms with Gasteiger partial charge >= 0.3 is 12.2 Å². The first-order chi connectivity index (χ1) is 12.7. The van der Waals surface area contributed by atoms with E-state index < -0.39 is 29.9 Å². The maximum Gasteiger partial charge on any atom is 0.419 e. The van der Waals surface area contributed by atoms with Crippen LogP contribution in [0, 0.1) is 0 Å². The number of nitrogens with zero attached hydrogens (tertiary/aromatic N) is 1. The number of hydrogen-bond acceptors (Lipinski definition) is 6. The fraction of sp³-hybridized carbons (Fsp3) is 0.895. The first-order valence-corrected chi connectivity index (χ1v) is 9.21. The molecule has 7 heteroatoms. The van der Waals surface area contributed by atoms with Crippen LogP contribution < -0.4 is 0 Å². The third-order valence-corrected chi connectivity index (χ3v) is 3.18. The van der Waals surface area contributed by atoms with Crippen LogP contribution in [-0.4, -0.2) is 54.3 Å². The molecule has 0 aromatic carbocycles. The second-order valence-corrected chi connectivity index (χ2v) is 8.22. The van der Waals surface area contributed by atoms with Gasteiger partial charge in [-0.25, -0.2) is 14.5 Å². The molecule has 0 aromatic rings. The van der Waals surface area contributed by atoms with Gasteiger partial charge in [0.1, 0.15) is 11.2 Å². The van der Waals surface area contributed by atoms with Crippen molar-refractivity contribution in [1.29, 1.82) is 0 Å². The van der Waals surface area contributed by atoms with Crippen LogP contribution in [0.4, 0.5) is 9.59 Å². The van der Waals surface area contributed by atoms with Crippen molar-refractivity contribution in [1.82, 2.24) is 4.90 Å². The summed E-state index contributed by atoms with van der Waals surface area (Å²) in [6.07, 6.45) is 0.626. The summed E-state index contributed by atoms with van der Waals surface area (Å²) in [6, 6.07) is 0. The van der Waals surface area contributed by atoms with Gasteiger partial charge in [0.25, 0.3) is 0 Å². The highest BCUT2D eigenvalue weighted by atomic mass is 16.7. The minimum atomic E-state index is -2.29. The molecule has 0 aliphatic carbocycles. The molecule has 1 aliphatic heterocycles. The Kier molecular flexibility index (Phi) is 7.55. The van der Waals surface area contributed by atoms with Crippen molar-refractivity contribution >= 4 is 12.2 Å². The zero-order valence-electron chi connectivity index (χ0n) is 18.9. The largest absolute Gasteiger partial charge is 0.443 e. The van der Waals surface area contributed by atoms with Crippen molar-refractivity contribution in [2.75, 3.05) is 19.7 Å². The van der Waals surface area contributed by atoms with E-state index in [1.807, 2.05) is 0 Å². The summed E-state index contributed by atoms with van der Waals surface area (Å²) in [5.41, 5.74) is -1.76. The molecule has 1 unspecified atom stereocenters. The zero-order chi connectivity index (χ0) is 21.6. The van der Waals surface area contributed by atoms with Crippen LogP contribution in [0.15, 0.2) is 0 Å². The molecule has 152 valence electrons. The Bertz CT molecular complexity index is 493. The Morgan fingerprint density at radius 1 is 1.04 bits per heavy atom. The van der Waals surface area contributed by atoms with Gasteiger partial charge in [0, 0.05) is 19.7 Å². The molecule has 0 aromatic heterocycles. The van der Waals surface area contributed by atoms with Crippen molar-refractivity contribution in [2.24, 2.45) is 0 Å². The molecule has 0 saturated carbocycles. The van der Waals surface area contributed by atoms with Crippen molar-refractivity contribution in [3.63, 3.8) is 0 Å². The van der Waals surface area contributed by atoms with E-state index in [0.717, 1.165) is 19.3 Å². The summed E-state index contributed by atoms with van der Waals surface area (Å²) < 4.78 is 38.1. The van der Waals surface area contributed by atoms with Crippen molar-refractivity contribution in [3.8, 4) is 0 Å². The summed E-state index contributed by atoms with van der Waals surface area (Å²) >= 11 is 0. The lowest BCUT2D eigenvalue weighted by molar-refractivity contribution is -0.162. The number of hydrogen-bond donors (Lipinski definition) is 0. The van der Waals surface area contributed by atoms with Crippen molar-refractivity contribution in [3.05, 3.63) is 0 Å². The predicted molar refractivity (Wildman–Crippen MR) is 98.0 cm³/mol. The third kappa shape index (κ3) is 9.97. The minimum absolute atomic E-state index is 0.113. The maximum absolute atomic E-state index is 12.5. The van der Waals surface area contributed by atoms with Crippen LogP contribution in [0.2, 0.25) is 0 Å². The van der Waals surface area contributed by atoms with Crippen molar-refractivity contribution in [2.45, 2.75) is 91.1 Å². The van der Waals surface area contributed by atoms with Crippen LogP contribution in [0.1, 0.15) is 76.4 Å². The van der Waals surface area contributed by atoms with Gasteiger partial charge in [0.15, 0.2) is 6.29 Å². The van der Waals surface area contributed by atoms with Gasteiger partial charge in [-0.05, 0) is 73.6 Å². The molecule has 26 heavy (non-hydrogen) atoms. The topological polar surface area (TPSA) is 74.3 Å². The Hall–Kier alpha value is -1.34. The number of imide groups is 1. The van der Waals surface area contributed by atoms with E-state index in [4.69, 9.17) is 21.7 Å². The molecule has 1 rings (SSSR count). The molecule has 0 N–H and O–H groups in total. The molecular formula is C19H35NO6. The molecule has 0 bridgehead atoms. The number of rotatable bonds is 6. The maximum atomic E-state index is 12.5. The molecule has 1 atom stereocenters. The lowest BCUT2D eigenvalue weighted by Gasteiger charge is -2.28.